The van der Waals surface area contributed by atoms with Gasteiger partial charge in [0.05, 0.1) is 19.3 Å². The first-order chi connectivity index (χ1) is 17.9. The van der Waals surface area contributed by atoms with E-state index < -0.39 is 52.5 Å². The minimum atomic E-state index is -3.42. The lowest BCUT2D eigenvalue weighted by Gasteiger charge is -2.28. The lowest BCUT2D eigenvalue weighted by Crippen LogP contribution is -2.40. The van der Waals surface area contributed by atoms with Crippen LogP contribution < -0.4 is 16.5 Å². The Balaban J connectivity index is 2.16. The first-order valence-electron chi connectivity index (χ1n) is 12.0. The molecule has 0 spiro atoms. The third-order valence-electron chi connectivity index (χ3n) is 5.14. The molecule has 5 atom stereocenters. The van der Waals surface area contributed by atoms with E-state index in [-0.39, 0.29) is 36.0 Å². The molecule has 2 heterocycles. The minimum absolute atomic E-state index is 0.0131. The van der Waals surface area contributed by atoms with Crippen molar-refractivity contribution in [3.63, 3.8) is 0 Å². The van der Waals surface area contributed by atoms with Crippen molar-refractivity contribution in [1.82, 2.24) is 14.6 Å². The number of hydrogen-bond acceptors (Lipinski definition) is 12. The van der Waals surface area contributed by atoms with Gasteiger partial charge in [-0.3, -0.25) is 14.2 Å². The second-order valence-electron chi connectivity index (χ2n) is 10.0. The molecule has 1 fully saturated rings. The van der Waals surface area contributed by atoms with Crippen LogP contribution in [0.25, 0.3) is 0 Å². The Bertz CT molecular complexity index is 1130. The largest absolute Gasteiger partial charge is 0.462 e. The van der Waals surface area contributed by atoms with Gasteiger partial charge in [-0.05, 0) is 38.6 Å². The molecule has 5 unspecified atom stereocenters. The number of rotatable bonds is 12. The van der Waals surface area contributed by atoms with E-state index >= 15 is 0 Å². The van der Waals surface area contributed by atoms with Gasteiger partial charge in [0, 0.05) is 17.4 Å². The Kier molecular flexibility index (Phi) is 12.3. The zero-order chi connectivity index (χ0) is 29.8. The molecule has 2 rings (SSSR count). The number of anilines is 1. The number of nitrogens with one attached hydrogen (secondary N) is 1. The monoisotopic (exact) mass is 648 g/mol. The number of nitrogens with zero attached hydrogens (tertiary/aromatic N) is 2. The van der Waals surface area contributed by atoms with Gasteiger partial charge in [0.15, 0.2) is 15.7 Å². The van der Waals surface area contributed by atoms with E-state index in [4.69, 9.17) is 59.3 Å². The van der Waals surface area contributed by atoms with Gasteiger partial charge in [-0.15, -0.1) is 0 Å². The summed E-state index contributed by atoms with van der Waals surface area (Å²) in [5.74, 6) is -0.299. The van der Waals surface area contributed by atoms with Crippen molar-refractivity contribution in [2.75, 3.05) is 24.7 Å². The van der Waals surface area contributed by atoms with E-state index in [0.717, 1.165) is 16.3 Å². The second-order valence-corrected chi connectivity index (χ2v) is 15.8. The molecule has 17 heteroatoms. The average Bonchev–Trinajstić information content (AvgIpc) is 3.03. The summed E-state index contributed by atoms with van der Waals surface area (Å²) in [6, 6.07) is 0.450. The third kappa shape index (κ3) is 9.63. The van der Waals surface area contributed by atoms with E-state index in [2.05, 4.69) is 10.1 Å². The standard InChI is InChI=1S/C22H35Cl2N4O8PS2/c1-12(2)35-17(30)13(3)27-37(38,33-9-10-39-19(31)21(4,5)6)34-11-14-16(29)22(23,24)18(36-14)28-8-7-15(25)26-20(28)32/h7-8,12-14,16,18,29H,9-11H2,1-6H3,(H,27,38)(H2,25,26,32). The van der Waals surface area contributed by atoms with Crippen LogP contribution in [0.3, 0.4) is 0 Å². The van der Waals surface area contributed by atoms with Crippen molar-refractivity contribution in [3.8, 4) is 0 Å². The number of ether oxygens (including phenoxy) is 2. The van der Waals surface area contributed by atoms with Gasteiger partial charge in [-0.25, -0.2) is 9.88 Å². The summed E-state index contributed by atoms with van der Waals surface area (Å²) in [6.07, 6.45) is -3.04. The zero-order valence-electron chi connectivity index (χ0n) is 22.5. The highest BCUT2D eigenvalue weighted by atomic mass is 35.5. The lowest BCUT2D eigenvalue weighted by atomic mass is 10.00. The van der Waals surface area contributed by atoms with Crippen molar-refractivity contribution in [1.29, 1.82) is 0 Å². The topological polar surface area (TPSA) is 164 Å². The third-order valence-corrected chi connectivity index (χ3v) is 9.87. The number of hydrogen-bond donors (Lipinski definition) is 3. The molecule has 1 aromatic rings. The molecule has 0 bridgehead atoms. The Morgan fingerprint density at radius 1 is 1.36 bits per heavy atom. The second kappa shape index (κ2) is 13.9. The zero-order valence-corrected chi connectivity index (χ0v) is 26.5. The van der Waals surface area contributed by atoms with Crippen LogP contribution in [0.2, 0.25) is 0 Å². The van der Waals surface area contributed by atoms with Crippen molar-refractivity contribution < 1.29 is 33.2 Å². The summed E-state index contributed by atoms with van der Waals surface area (Å²) in [7, 11) is 0. The number of esters is 1. The Morgan fingerprint density at radius 2 is 2.00 bits per heavy atom. The molecule has 12 nitrogen and oxygen atoms in total. The number of carbonyl (C=O) groups excluding carboxylic acids is 2. The molecule has 1 aliphatic rings. The molecule has 0 aromatic carbocycles. The molecule has 1 saturated heterocycles. The molecular weight excluding hydrogens is 614 g/mol. The van der Waals surface area contributed by atoms with Gasteiger partial charge in [0.25, 0.3) is 6.64 Å². The number of nitrogens with two attached hydrogens (primary N) is 1. The normalized spacial score (nSPS) is 23.4. The molecular formula is C22H35Cl2N4O8PS2. The highest BCUT2D eigenvalue weighted by molar-refractivity contribution is 8.13. The Hall–Kier alpha value is -0.800. The SMILES string of the molecule is CC(C)OC(=O)C(C)NP(=S)(OCCSC(=O)C(C)(C)C)OCC1OC(n2ccc(N)nc2=O)C(Cl)(Cl)C1O. The van der Waals surface area contributed by atoms with Gasteiger partial charge in [0.2, 0.25) is 0 Å². The quantitative estimate of drug-likeness (QED) is 0.131. The number of aromatic nitrogens is 2. The first-order valence-corrected chi connectivity index (χ1v) is 16.4. The van der Waals surface area contributed by atoms with Gasteiger partial charge < -0.3 is 29.4 Å². The fourth-order valence-electron chi connectivity index (χ4n) is 3.13. The smallest absolute Gasteiger partial charge is 0.351 e. The summed E-state index contributed by atoms with van der Waals surface area (Å²) in [5, 5.41) is 13.6. The van der Waals surface area contributed by atoms with E-state index in [1.807, 2.05) is 20.8 Å². The van der Waals surface area contributed by atoms with Gasteiger partial charge in [0.1, 0.15) is 24.1 Å². The van der Waals surface area contributed by atoms with Crippen molar-refractivity contribution in [2.24, 2.45) is 5.41 Å². The first kappa shape index (κ1) is 34.4. The summed E-state index contributed by atoms with van der Waals surface area (Å²) in [5.41, 5.74) is 4.22. The predicted octanol–water partition coefficient (Wildman–Crippen LogP) is 2.75. The van der Waals surface area contributed by atoms with Gasteiger partial charge in [-0.1, -0.05) is 55.7 Å². The van der Waals surface area contributed by atoms with Crippen molar-refractivity contribution in [3.05, 3.63) is 22.7 Å². The molecule has 0 radical (unpaired) electrons. The maximum atomic E-state index is 12.4. The molecule has 1 aliphatic heterocycles. The van der Waals surface area contributed by atoms with Crippen LogP contribution in [-0.2, 0) is 39.9 Å². The fourth-order valence-corrected chi connectivity index (χ4v) is 6.99. The van der Waals surface area contributed by atoms with Gasteiger partial charge >= 0.3 is 11.7 Å². The molecule has 4 N–H and O–H groups in total. The van der Waals surface area contributed by atoms with Crippen LogP contribution in [0.4, 0.5) is 5.82 Å². The van der Waals surface area contributed by atoms with E-state index in [0.29, 0.717) is 0 Å². The molecule has 0 saturated carbocycles. The number of alkyl halides is 2. The minimum Gasteiger partial charge on any atom is -0.462 e. The fraction of sp³-hybridized carbons (Fsp3) is 0.727. The number of nitrogen functional groups attached to an aromatic ring is 1. The number of halogens is 2. The number of aliphatic hydroxyl groups excluding tert-OH is 1. The van der Waals surface area contributed by atoms with Crippen LogP contribution >= 0.6 is 41.6 Å². The van der Waals surface area contributed by atoms with Gasteiger partial charge in [-0.2, -0.15) is 4.98 Å². The summed E-state index contributed by atoms with van der Waals surface area (Å²) < 4.78 is 21.8. The number of carbonyl (C=O) groups is 2. The maximum Gasteiger partial charge on any atom is 0.351 e. The Morgan fingerprint density at radius 3 is 2.56 bits per heavy atom. The van der Waals surface area contributed by atoms with Crippen LogP contribution in [-0.4, -0.2) is 73.4 Å². The van der Waals surface area contributed by atoms with Crippen LogP contribution in [0.5, 0.6) is 0 Å². The van der Waals surface area contributed by atoms with Crippen LogP contribution in [0.15, 0.2) is 17.1 Å². The molecule has 39 heavy (non-hydrogen) atoms. The number of aliphatic hydroxyl groups is 1. The van der Waals surface area contributed by atoms with Crippen LogP contribution in [0, 0.1) is 5.41 Å². The van der Waals surface area contributed by atoms with E-state index in [1.165, 1.54) is 19.2 Å². The molecule has 1 aromatic heterocycles. The lowest BCUT2D eigenvalue weighted by molar-refractivity contribution is -0.149. The predicted molar refractivity (Wildman–Crippen MR) is 154 cm³/mol. The average molecular weight is 650 g/mol. The maximum absolute atomic E-state index is 12.4. The highest BCUT2D eigenvalue weighted by Crippen LogP contribution is 2.49. The summed E-state index contributed by atoms with van der Waals surface area (Å²) in [6.45, 7) is 6.63. The Labute approximate surface area is 246 Å². The van der Waals surface area contributed by atoms with Crippen LogP contribution in [0.1, 0.15) is 47.8 Å². The van der Waals surface area contributed by atoms with Crippen molar-refractivity contribution in [2.45, 2.75) is 76.5 Å². The van der Waals surface area contributed by atoms with E-state index in [9.17, 15) is 19.5 Å². The van der Waals surface area contributed by atoms with E-state index in [1.54, 1.807) is 13.8 Å². The number of thioether (sulfide) groups is 1. The highest BCUT2D eigenvalue weighted by Gasteiger charge is 2.56. The summed E-state index contributed by atoms with van der Waals surface area (Å²) in [4.78, 5) is 40.6. The molecule has 0 aliphatic carbocycles. The molecule has 0 amide bonds. The van der Waals surface area contributed by atoms with Crippen molar-refractivity contribution >= 4 is 70.3 Å². The summed E-state index contributed by atoms with van der Waals surface area (Å²) >= 11 is 19.5. The molecule has 222 valence electrons.